The summed E-state index contributed by atoms with van der Waals surface area (Å²) in [7, 11) is -3.34. The van der Waals surface area contributed by atoms with E-state index in [1.54, 1.807) is 0 Å². The Kier molecular flexibility index (Phi) is 5.31. The van der Waals surface area contributed by atoms with E-state index >= 15 is 0 Å². The molecule has 3 atom stereocenters. The molecule has 2 fully saturated rings. The van der Waals surface area contributed by atoms with Crippen molar-refractivity contribution >= 4 is 21.5 Å². The van der Waals surface area contributed by atoms with Crippen molar-refractivity contribution in [3.05, 3.63) is 23.8 Å². The molecular weight excluding hydrogens is 425 g/mol. The third-order valence-corrected chi connectivity index (χ3v) is 7.54. The third-order valence-electron chi connectivity index (χ3n) is 5.30. The Bertz CT molecular complexity index is 909. The highest BCUT2D eigenvalue weighted by atomic mass is 32.2. The van der Waals surface area contributed by atoms with E-state index in [1.165, 1.54) is 7.11 Å². The van der Waals surface area contributed by atoms with Gasteiger partial charge >= 0.3 is 12.1 Å². The van der Waals surface area contributed by atoms with E-state index < -0.39 is 68.7 Å². The van der Waals surface area contributed by atoms with E-state index in [1.807, 2.05) is 0 Å². The van der Waals surface area contributed by atoms with Gasteiger partial charge in [-0.2, -0.15) is 13.2 Å². The predicted octanol–water partition coefficient (Wildman–Crippen LogP) is 2.81. The average molecular weight is 443 g/mol. The maximum atomic E-state index is 13.6. The normalized spacial score (nSPS) is 27.0. The van der Waals surface area contributed by atoms with Crippen LogP contribution >= 0.6 is 0 Å². The molecule has 1 saturated carbocycles. The van der Waals surface area contributed by atoms with Gasteiger partial charge in [0.25, 0.3) is 5.92 Å². The number of carboxylic acid groups (broad SMARTS) is 1. The fraction of sp³-hybridized carbons (Fsp3) is 0.588. The van der Waals surface area contributed by atoms with Gasteiger partial charge in [-0.15, -0.1) is 0 Å². The molecule has 0 spiro atoms. The number of carboxylic acids is 1. The Hall–Kier alpha value is -1.95. The topological polar surface area (TPSA) is 83.9 Å². The SMILES string of the molecule is CO[C@H]1C[C@@H](S(=O)(=O)c2ccc(N3CC(F)(F)C3)cc2C(F)(F)F)C[C@@H]1C(=O)O. The van der Waals surface area contributed by atoms with Crippen LogP contribution in [0.3, 0.4) is 0 Å². The molecule has 0 radical (unpaired) electrons. The van der Waals surface area contributed by atoms with E-state index in [0.717, 1.165) is 17.0 Å². The highest BCUT2D eigenvalue weighted by Gasteiger charge is 2.49. The number of methoxy groups -OCH3 is 1. The lowest BCUT2D eigenvalue weighted by atomic mass is 10.1. The molecule has 1 aromatic carbocycles. The number of halogens is 5. The minimum absolute atomic E-state index is 0.160. The van der Waals surface area contributed by atoms with Crippen molar-refractivity contribution in [1.29, 1.82) is 0 Å². The summed E-state index contributed by atoms with van der Waals surface area (Å²) in [5, 5.41) is 7.84. The minimum Gasteiger partial charge on any atom is -0.481 e. The first-order valence-electron chi connectivity index (χ1n) is 8.60. The Morgan fingerprint density at radius 2 is 1.86 bits per heavy atom. The van der Waals surface area contributed by atoms with Crippen molar-refractivity contribution in [3.63, 3.8) is 0 Å². The first kappa shape index (κ1) is 21.8. The van der Waals surface area contributed by atoms with Crippen molar-refractivity contribution in [1.82, 2.24) is 0 Å². The van der Waals surface area contributed by atoms with Gasteiger partial charge in [-0.05, 0) is 31.0 Å². The highest BCUT2D eigenvalue weighted by molar-refractivity contribution is 7.92. The maximum absolute atomic E-state index is 13.6. The van der Waals surface area contributed by atoms with Crippen LogP contribution in [-0.4, -0.2) is 57.0 Å². The van der Waals surface area contributed by atoms with Crippen molar-refractivity contribution in [3.8, 4) is 0 Å². The van der Waals surface area contributed by atoms with Gasteiger partial charge in [0.05, 0.1) is 40.8 Å². The molecule has 12 heteroatoms. The molecule has 0 bridgehead atoms. The van der Waals surface area contributed by atoms with Crippen LogP contribution in [0.15, 0.2) is 23.1 Å². The zero-order valence-electron chi connectivity index (χ0n) is 15.1. The van der Waals surface area contributed by atoms with Crippen LogP contribution in [0.2, 0.25) is 0 Å². The largest absolute Gasteiger partial charge is 0.481 e. The summed E-state index contributed by atoms with van der Waals surface area (Å²) < 4.78 is 97.6. The number of nitrogens with zero attached hydrogens (tertiary/aromatic N) is 1. The van der Waals surface area contributed by atoms with Gasteiger partial charge in [-0.1, -0.05) is 0 Å². The van der Waals surface area contributed by atoms with Crippen LogP contribution in [0.1, 0.15) is 18.4 Å². The molecule has 6 nitrogen and oxygen atoms in total. The molecule has 1 heterocycles. The summed E-state index contributed by atoms with van der Waals surface area (Å²) in [5.41, 5.74) is -1.62. The van der Waals surface area contributed by atoms with Crippen LogP contribution in [-0.2, 0) is 25.5 Å². The van der Waals surface area contributed by atoms with Crippen LogP contribution < -0.4 is 4.90 Å². The minimum atomic E-state index is -5.04. The predicted molar refractivity (Wildman–Crippen MR) is 90.7 cm³/mol. The van der Waals surface area contributed by atoms with Gasteiger partial charge in [0.15, 0.2) is 9.84 Å². The lowest BCUT2D eigenvalue weighted by Gasteiger charge is -2.40. The Morgan fingerprint density at radius 3 is 2.31 bits per heavy atom. The summed E-state index contributed by atoms with van der Waals surface area (Å²) in [6, 6.07) is 2.34. The number of carbonyl (C=O) groups is 1. The number of hydrogen-bond donors (Lipinski definition) is 1. The lowest BCUT2D eigenvalue weighted by Crippen LogP contribution is -2.56. The molecule has 1 saturated heterocycles. The van der Waals surface area contributed by atoms with E-state index in [9.17, 15) is 40.3 Å². The second-order valence-electron chi connectivity index (χ2n) is 7.25. The van der Waals surface area contributed by atoms with E-state index in [0.29, 0.717) is 6.07 Å². The number of aliphatic carboxylic acids is 1. The molecule has 1 N–H and O–H groups in total. The first-order chi connectivity index (χ1) is 13.3. The number of sulfone groups is 1. The Balaban J connectivity index is 1.98. The van der Waals surface area contributed by atoms with Crippen LogP contribution in [0.4, 0.5) is 27.6 Å². The smallest absolute Gasteiger partial charge is 0.417 e. The van der Waals surface area contributed by atoms with Crippen molar-refractivity contribution in [2.45, 2.75) is 41.2 Å². The molecule has 29 heavy (non-hydrogen) atoms. The van der Waals surface area contributed by atoms with Crippen molar-refractivity contribution in [2.24, 2.45) is 5.92 Å². The third kappa shape index (κ3) is 4.04. The van der Waals surface area contributed by atoms with Crippen molar-refractivity contribution in [2.75, 3.05) is 25.1 Å². The molecule has 1 aliphatic heterocycles. The molecular formula is C17H18F5NO5S. The van der Waals surface area contributed by atoms with Gasteiger partial charge < -0.3 is 14.7 Å². The van der Waals surface area contributed by atoms with Crippen LogP contribution in [0.25, 0.3) is 0 Å². The number of benzene rings is 1. The molecule has 0 amide bonds. The quantitative estimate of drug-likeness (QED) is 0.705. The molecule has 0 aromatic heterocycles. The van der Waals surface area contributed by atoms with Gasteiger partial charge in [-0.25, -0.2) is 17.2 Å². The number of alkyl halides is 5. The van der Waals surface area contributed by atoms with Gasteiger partial charge in [0.2, 0.25) is 0 Å². The van der Waals surface area contributed by atoms with Crippen LogP contribution in [0, 0.1) is 5.92 Å². The van der Waals surface area contributed by atoms with Crippen molar-refractivity contribution < 1.29 is 45.0 Å². The fourth-order valence-corrected chi connectivity index (χ4v) is 5.79. The summed E-state index contributed by atoms with van der Waals surface area (Å²) in [4.78, 5) is 11.3. The standard InChI is InChI=1S/C17H18F5NO5S/c1-28-13-6-10(5-11(13)15(24)25)29(26,27)14-3-2-9(4-12(14)17(20,21)22)23-7-16(18,19)8-23/h2-4,10-11,13H,5-8H2,1H3,(H,24,25)/t10-,11-,13-/m0/s1. The molecule has 162 valence electrons. The van der Waals surface area contributed by atoms with E-state index in [2.05, 4.69) is 0 Å². The molecule has 3 rings (SSSR count). The number of ether oxygens (including phenoxy) is 1. The molecule has 0 unspecified atom stereocenters. The number of rotatable bonds is 5. The summed E-state index contributed by atoms with van der Waals surface area (Å²) in [6.45, 7) is -1.51. The lowest BCUT2D eigenvalue weighted by molar-refractivity contribution is -0.145. The summed E-state index contributed by atoms with van der Waals surface area (Å²) in [6.07, 6.45) is -6.62. The molecule has 2 aliphatic rings. The Morgan fingerprint density at radius 1 is 1.24 bits per heavy atom. The monoisotopic (exact) mass is 443 g/mol. The highest BCUT2D eigenvalue weighted by Crippen LogP contribution is 2.43. The number of hydrogen-bond acceptors (Lipinski definition) is 5. The summed E-state index contributed by atoms with van der Waals surface area (Å²) in [5.74, 6) is -5.45. The van der Waals surface area contributed by atoms with E-state index in [4.69, 9.17) is 4.74 Å². The number of anilines is 1. The Labute approximate surface area is 163 Å². The molecule has 1 aliphatic carbocycles. The zero-order valence-corrected chi connectivity index (χ0v) is 15.9. The van der Waals surface area contributed by atoms with Gasteiger partial charge in [-0.3, -0.25) is 4.79 Å². The molecule has 1 aromatic rings. The van der Waals surface area contributed by atoms with E-state index in [-0.39, 0.29) is 18.5 Å². The maximum Gasteiger partial charge on any atom is 0.417 e. The zero-order chi connectivity index (χ0) is 21.8. The second kappa shape index (κ2) is 7.08. The average Bonchev–Trinajstić information content (AvgIpc) is 3.04. The van der Waals surface area contributed by atoms with Gasteiger partial charge in [0, 0.05) is 12.8 Å². The van der Waals surface area contributed by atoms with Crippen LogP contribution in [0.5, 0.6) is 0 Å². The van der Waals surface area contributed by atoms with Gasteiger partial charge in [0.1, 0.15) is 0 Å². The first-order valence-corrected chi connectivity index (χ1v) is 10.1. The fourth-order valence-electron chi connectivity index (χ4n) is 3.79. The summed E-state index contributed by atoms with van der Waals surface area (Å²) >= 11 is 0. The second-order valence-corrected chi connectivity index (χ2v) is 9.44.